The largest absolute Gasteiger partial charge is 0.508 e. The fourth-order valence-corrected chi connectivity index (χ4v) is 1.41. The van der Waals surface area contributed by atoms with Gasteiger partial charge in [-0.15, -0.1) is 0 Å². The summed E-state index contributed by atoms with van der Waals surface area (Å²) >= 11 is 5.86. The second kappa shape index (κ2) is 3.78. The van der Waals surface area contributed by atoms with E-state index in [2.05, 4.69) is 0 Å². The van der Waals surface area contributed by atoms with Gasteiger partial charge in [-0.2, -0.15) is 0 Å². The molecule has 3 N–H and O–H groups in total. The number of halogens is 1. The zero-order valence-corrected chi connectivity index (χ0v) is 7.67. The van der Waals surface area contributed by atoms with Gasteiger partial charge in [-0.25, -0.2) is 0 Å². The summed E-state index contributed by atoms with van der Waals surface area (Å²) in [7, 11) is 0. The Morgan fingerprint density at radius 3 is 2.75 bits per heavy atom. The summed E-state index contributed by atoms with van der Waals surface area (Å²) < 4.78 is 0. The molecule has 66 valence electrons. The lowest BCUT2D eigenvalue weighted by Gasteiger charge is -2.12. The summed E-state index contributed by atoms with van der Waals surface area (Å²) in [4.78, 5) is 0. The van der Waals surface area contributed by atoms with Crippen molar-refractivity contribution in [1.82, 2.24) is 0 Å². The first kappa shape index (κ1) is 9.36. The number of phenols is 1. The second-order valence-corrected chi connectivity index (χ2v) is 3.09. The smallest absolute Gasteiger partial charge is 0.121 e. The van der Waals surface area contributed by atoms with Gasteiger partial charge in [0.15, 0.2) is 0 Å². The van der Waals surface area contributed by atoms with Crippen molar-refractivity contribution in [2.75, 3.05) is 0 Å². The summed E-state index contributed by atoms with van der Waals surface area (Å²) in [6.07, 6.45) is 0.761. The summed E-state index contributed by atoms with van der Waals surface area (Å²) in [6, 6.07) is 4.84. The summed E-state index contributed by atoms with van der Waals surface area (Å²) in [5.41, 5.74) is 6.39. The molecule has 0 radical (unpaired) electrons. The van der Waals surface area contributed by atoms with Crippen molar-refractivity contribution >= 4 is 11.6 Å². The maximum Gasteiger partial charge on any atom is 0.121 e. The van der Waals surface area contributed by atoms with Gasteiger partial charge in [-0.05, 0) is 18.6 Å². The topological polar surface area (TPSA) is 46.2 Å². The maximum atomic E-state index is 9.43. The van der Waals surface area contributed by atoms with Crippen LogP contribution in [0.25, 0.3) is 0 Å². The van der Waals surface area contributed by atoms with Crippen molar-refractivity contribution in [2.24, 2.45) is 5.73 Å². The summed E-state index contributed by atoms with van der Waals surface area (Å²) in [5, 5.41) is 9.96. The normalized spacial score (nSPS) is 12.9. The van der Waals surface area contributed by atoms with Crippen LogP contribution in [-0.2, 0) is 0 Å². The van der Waals surface area contributed by atoms with E-state index >= 15 is 0 Å². The summed E-state index contributed by atoms with van der Waals surface area (Å²) in [5.74, 6) is 0.178. The van der Waals surface area contributed by atoms with E-state index in [1.165, 1.54) is 0 Å². The minimum absolute atomic E-state index is 0.178. The molecule has 0 aliphatic carbocycles. The standard InChI is InChI=1S/C9H12ClNO/c1-2-7(11)9-6(10)4-3-5-8(9)12/h3-5,7,12H,2,11H2,1H3/t7-/m0/s1. The molecule has 3 heteroatoms. The number of hydrogen-bond donors (Lipinski definition) is 2. The number of rotatable bonds is 2. The maximum absolute atomic E-state index is 9.43. The lowest BCUT2D eigenvalue weighted by Crippen LogP contribution is -2.09. The molecule has 0 saturated heterocycles. The van der Waals surface area contributed by atoms with Gasteiger partial charge in [-0.3, -0.25) is 0 Å². The van der Waals surface area contributed by atoms with Gasteiger partial charge in [0.05, 0.1) is 0 Å². The van der Waals surface area contributed by atoms with E-state index in [9.17, 15) is 5.11 Å². The third-order valence-corrected chi connectivity index (χ3v) is 2.17. The lowest BCUT2D eigenvalue weighted by molar-refractivity contribution is 0.460. The van der Waals surface area contributed by atoms with E-state index in [-0.39, 0.29) is 11.8 Å². The Bertz CT molecular complexity index is 255. The Balaban J connectivity index is 3.12. The molecule has 1 aromatic rings. The number of phenolic OH excluding ortho intramolecular Hbond substituents is 1. The number of hydrogen-bond acceptors (Lipinski definition) is 2. The van der Waals surface area contributed by atoms with Crippen molar-refractivity contribution < 1.29 is 5.11 Å². The van der Waals surface area contributed by atoms with Crippen LogP contribution in [0.5, 0.6) is 5.75 Å². The molecule has 1 aromatic carbocycles. The molecule has 12 heavy (non-hydrogen) atoms. The minimum atomic E-state index is -0.182. The Morgan fingerprint density at radius 2 is 2.25 bits per heavy atom. The monoisotopic (exact) mass is 185 g/mol. The third kappa shape index (κ3) is 1.71. The van der Waals surface area contributed by atoms with Crippen LogP contribution in [0.15, 0.2) is 18.2 Å². The highest BCUT2D eigenvalue weighted by Gasteiger charge is 2.11. The van der Waals surface area contributed by atoms with Gasteiger partial charge >= 0.3 is 0 Å². The molecule has 0 spiro atoms. The summed E-state index contributed by atoms with van der Waals surface area (Å²) in [6.45, 7) is 1.95. The molecule has 0 aromatic heterocycles. The average molecular weight is 186 g/mol. The molecular formula is C9H12ClNO. The van der Waals surface area contributed by atoms with Crippen LogP contribution in [0.4, 0.5) is 0 Å². The van der Waals surface area contributed by atoms with Crippen molar-refractivity contribution in [3.05, 3.63) is 28.8 Å². The predicted octanol–water partition coefficient (Wildman–Crippen LogP) is 2.46. The van der Waals surface area contributed by atoms with Crippen LogP contribution < -0.4 is 5.73 Å². The highest BCUT2D eigenvalue weighted by molar-refractivity contribution is 6.31. The van der Waals surface area contributed by atoms with Crippen LogP contribution in [0.3, 0.4) is 0 Å². The number of aromatic hydroxyl groups is 1. The molecular weight excluding hydrogens is 174 g/mol. The van der Waals surface area contributed by atoms with E-state index in [1.54, 1.807) is 18.2 Å². The first-order valence-corrected chi connectivity index (χ1v) is 4.27. The number of nitrogens with two attached hydrogens (primary N) is 1. The van der Waals surface area contributed by atoms with E-state index < -0.39 is 0 Å². The van der Waals surface area contributed by atoms with E-state index in [1.807, 2.05) is 6.92 Å². The molecule has 0 amide bonds. The van der Waals surface area contributed by atoms with Crippen molar-refractivity contribution in [2.45, 2.75) is 19.4 Å². The fraction of sp³-hybridized carbons (Fsp3) is 0.333. The van der Waals surface area contributed by atoms with Gasteiger partial charge in [0.2, 0.25) is 0 Å². The van der Waals surface area contributed by atoms with Crippen molar-refractivity contribution in [3.63, 3.8) is 0 Å². The highest BCUT2D eigenvalue weighted by atomic mass is 35.5. The highest BCUT2D eigenvalue weighted by Crippen LogP contribution is 2.31. The molecule has 0 aliphatic heterocycles. The van der Waals surface area contributed by atoms with Gasteiger partial charge in [0.25, 0.3) is 0 Å². The fourth-order valence-electron chi connectivity index (χ4n) is 1.10. The zero-order chi connectivity index (χ0) is 9.14. The molecule has 1 atom stereocenters. The SMILES string of the molecule is CC[C@H](N)c1c(O)cccc1Cl. The Morgan fingerprint density at radius 1 is 1.58 bits per heavy atom. The van der Waals surface area contributed by atoms with Crippen molar-refractivity contribution in [3.8, 4) is 5.75 Å². The molecule has 0 fully saturated rings. The van der Waals surface area contributed by atoms with Crippen LogP contribution in [0, 0.1) is 0 Å². The quantitative estimate of drug-likeness (QED) is 0.744. The van der Waals surface area contributed by atoms with Gasteiger partial charge in [0.1, 0.15) is 5.75 Å². The van der Waals surface area contributed by atoms with Crippen molar-refractivity contribution in [1.29, 1.82) is 0 Å². The molecule has 0 aliphatic rings. The second-order valence-electron chi connectivity index (χ2n) is 2.69. The molecule has 1 rings (SSSR count). The zero-order valence-electron chi connectivity index (χ0n) is 6.92. The molecule has 0 unspecified atom stereocenters. The van der Waals surface area contributed by atoms with Gasteiger partial charge in [0, 0.05) is 16.6 Å². The van der Waals surface area contributed by atoms with Gasteiger partial charge in [-0.1, -0.05) is 24.6 Å². The van der Waals surface area contributed by atoms with E-state index in [4.69, 9.17) is 17.3 Å². The predicted molar refractivity (Wildman–Crippen MR) is 50.3 cm³/mol. The third-order valence-electron chi connectivity index (χ3n) is 1.84. The van der Waals surface area contributed by atoms with Crippen LogP contribution in [0.1, 0.15) is 24.9 Å². The first-order chi connectivity index (χ1) is 5.66. The van der Waals surface area contributed by atoms with E-state index in [0.29, 0.717) is 10.6 Å². The Kier molecular flexibility index (Phi) is 2.95. The number of benzene rings is 1. The molecule has 2 nitrogen and oxygen atoms in total. The first-order valence-electron chi connectivity index (χ1n) is 3.89. The van der Waals surface area contributed by atoms with Crippen LogP contribution >= 0.6 is 11.6 Å². The lowest BCUT2D eigenvalue weighted by atomic mass is 10.0. The Labute approximate surface area is 77.0 Å². The molecule has 0 saturated carbocycles. The molecule has 0 heterocycles. The Hall–Kier alpha value is -0.730. The van der Waals surface area contributed by atoms with Crippen LogP contribution in [0.2, 0.25) is 5.02 Å². The minimum Gasteiger partial charge on any atom is -0.508 e. The average Bonchev–Trinajstić information content (AvgIpc) is 2.03. The van der Waals surface area contributed by atoms with Gasteiger partial charge < -0.3 is 10.8 Å². The molecule has 0 bridgehead atoms. The van der Waals surface area contributed by atoms with Crippen LogP contribution in [-0.4, -0.2) is 5.11 Å². The van der Waals surface area contributed by atoms with E-state index in [0.717, 1.165) is 6.42 Å².